The van der Waals surface area contributed by atoms with Gasteiger partial charge in [0.25, 0.3) is 5.69 Å². The number of rotatable bonds is 7. The molecule has 4 aromatic rings. The number of aromatic nitrogens is 3. The zero-order valence-electron chi connectivity index (χ0n) is 18.2. The van der Waals surface area contributed by atoms with Gasteiger partial charge in [0.05, 0.1) is 17.7 Å². The Morgan fingerprint density at radius 3 is 2.34 bits per heavy atom. The lowest BCUT2D eigenvalue weighted by Gasteiger charge is -2.19. The Kier molecular flexibility index (Phi) is 6.14. The summed E-state index contributed by atoms with van der Waals surface area (Å²) < 4.78 is 7.61. The summed E-state index contributed by atoms with van der Waals surface area (Å²) >= 11 is 1.54. The number of furan rings is 1. The summed E-state index contributed by atoms with van der Waals surface area (Å²) in [6.07, 6.45) is 1.65. The highest BCUT2D eigenvalue weighted by atomic mass is 32.2. The van der Waals surface area contributed by atoms with E-state index in [1.54, 1.807) is 18.4 Å². The van der Waals surface area contributed by atoms with Gasteiger partial charge in [-0.25, -0.2) is 0 Å². The second-order valence-electron chi connectivity index (χ2n) is 8.51. The van der Waals surface area contributed by atoms with Crippen LogP contribution in [-0.2, 0) is 17.7 Å². The third kappa shape index (κ3) is 4.91. The van der Waals surface area contributed by atoms with Crippen molar-refractivity contribution >= 4 is 17.4 Å². The highest BCUT2D eigenvalue weighted by molar-refractivity contribution is 7.98. The molecule has 0 radical (unpaired) electrons. The number of benzene rings is 2. The second-order valence-corrected chi connectivity index (χ2v) is 9.45. The van der Waals surface area contributed by atoms with Crippen LogP contribution in [0.2, 0.25) is 0 Å². The molecule has 32 heavy (non-hydrogen) atoms. The van der Waals surface area contributed by atoms with Crippen molar-refractivity contribution in [2.75, 3.05) is 0 Å². The van der Waals surface area contributed by atoms with Crippen molar-refractivity contribution in [1.82, 2.24) is 14.8 Å². The molecule has 0 aliphatic rings. The summed E-state index contributed by atoms with van der Waals surface area (Å²) in [6.45, 7) is 7.08. The maximum absolute atomic E-state index is 10.9. The van der Waals surface area contributed by atoms with E-state index >= 15 is 0 Å². The van der Waals surface area contributed by atoms with Crippen molar-refractivity contribution in [3.63, 3.8) is 0 Å². The van der Waals surface area contributed by atoms with Crippen LogP contribution in [0.5, 0.6) is 0 Å². The van der Waals surface area contributed by atoms with Gasteiger partial charge in [0, 0.05) is 23.4 Å². The molecule has 8 heteroatoms. The molecule has 0 unspecified atom stereocenters. The summed E-state index contributed by atoms with van der Waals surface area (Å²) in [7, 11) is 0. The molecule has 2 aromatic heterocycles. The monoisotopic (exact) mass is 448 g/mol. The van der Waals surface area contributed by atoms with E-state index in [1.165, 1.54) is 29.5 Å². The molecule has 0 aliphatic carbocycles. The average molecular weight is 449 g/mol. The SMILES string of the molecule is CC(C)(C)c1ccc(-c2nnc(SCc3ccc([N+](=O)[O-])cc3)n2Cc2ccco2)cc1. The number of nitro groups is 1. The maximum atomic E-state index is 10.9. The van der Waals surface area contributed by atoms with Gasteiger partial charge in [-0.05, 0) is 28.7 Å². The van der Waals surface area contributed by atoms with Gasteiger partial charge < -0.3 is 4.42 Å². The smallest absolute Gasteiger partial charge is 0.269 e. The minimum Gasteiger partial charge on any atom is -0.467 e. The van der Waals surface area contributed by atoms with Gasteiger partial charge in [0.1, 0.15) is 5.76 Å². The van der Waals surface area contributed by atoms with Crippen molar-refractivity contribution in [3.8, 4) is 11.4 Å². The molecule has 4 rings (SSSR count). The number of non-ortho nitro benzene ring substituents is 1. The standard InChI is InChI=1S/C24H24N4O3S/c1-24(2,3)19-10-8-18(9-11-19)22-25-26-23(27(22)15-21-5-4-14-31-21)32-16-17-6-12-20(13-7-17)28(29)30/h4-14H,15-16H2,1-3H3. The molecular weight excluding hydrogens is 424 g/mol. The lowest BCUT2D eigenvalue weighted by molar-refractivity contribution is -0.384. The van der Waals surface area contributed by atoms with Crippen LogP contribution in [0.1, 0.15) is 37.7 Å². The fraction of sp³-hybridized carbons (Fsp3) is 0.250. The minimum atomic E-state index is -0.395. The minimum absolute atomic E-state index is 0.0755. The van der Waals surface area contributed by atoms with E-state index in [-0.39, 0.29) is 11.1 Å². The van der Waals surface area contributed by atoms with E-state index in [9.17, 15) is 10.1 Å². The third-order valence-corrected chi connectivity index (χ3v) is 6.17. The molecule has 0 saturated carbocycles. The van der Waals surface area contributed by atoms with Gasteiger partial charge in [0.15, 0.2) is 11.0 Å². The van der Waals surface area contributed by atoms with E-state index in [1.807, 2.05) is 16.7 Å². The van der Waals surface area contributed by atoms with Crippen LogP contribution >= 0.6 is 11.8 Å². The van der Waals surface area contributed by atoms with Gasteiger partial charge >= 0.3 is 0 Å². The third-order valence-electron chi connectivity index (χ3n) is 5.14. The first kappa shape index (κ1) is 21.8. The number of nitrogens with zero attached hydrogens (tertiary/aromatic N) is 4. The molecule has 0 N–H and O–H groups in total. The predicted molar refractivity (Wildman–Crippen MR) is 125 cm³/mol. The Morgan fingerprint density at radius 1 is 1.03 bits per heavy atom. The maximum Gasteiger partial charge on any atom is 0.269 e. The van der Waals surface area contributed by atoms with Crippen molar-refractivity contribution in [2.24, 2.45) is 0 Å². The quantitative estimate of drug-likeness (QED) is 0.193. The summed E-state index contributed by atoms with van der Waals surface area (Å²) in [5.41, 5.74) is 3.38. The first-order valence-electron chi connectivity index (χ1n) is 10.2. The van der Waals surface area contributed by atoms with Gasteiger partial charge in [-0.2, -0.15) is 0 Å². The van der Waals surface area contributed by atoms with Crippen LogP contribution in [0.15, 0.2) is 76.5 Å². The van der Waals surface area contributed by atoms with Crippen molar-refractivity contribution < 1.29 is 9.34 Å². The molecule has 0 bridgehead atoms. The molecule has 2 aromatic carbocycles. The number of hydrogen-bond donors (Lipinski definition) is 0. The highest BCUT2D eigenvalue weighted by Crippen LogP contribution is 2.30. The largest absolute Gasteiger partial charge is 0.467 e. The number of nitro benzene ring substituents is 1. The van der Waals surface area contributed by atoms with Crippen molar-refractivity contribution in [2.45, 2.75) is 43.6 Å². The molecule has 0 spiro atoms. The van der Waals surface area contributed by atoms with Gasteiger partial charge in [-0.15, -0.1) is 10.2 Å². The molecule has 7 nitrogen and oxygen atoms in total. The molecule has 0 aliphatic heterocycles. The molecule has 0 atom stereocenters. The van der Waals surface area contributed by atoms with Gasteiger partial charge in [-0.1, -0.05) is 68.9 Å². The normalized spacial score (nSPS) is 11.6. The topological polar surface area (TPSA) is 87.0 Å². The van der Waals surface area contributed by atoms with E-state index in [4.69, 9.17) is 4.42 Å². The van der Waals surface area contributed by atoms with Crippen LogP contribution < -0.4 is 0 Å². The summed E-state index contributed by atoms with van der Waals surface area (Å²) in [5.74, 6) is 2.21. The van der Waals surface area contributed by atoms with Crippen molar-refractivity contribution in [3.05, 3.63) is 93.9 Å². The predicted octanol–water partition coefficient (Wildman–Crippen LogP) is 6.08. The lowest BCUT2D eigenvalue weighted by Crippen LogP contribution is -2.10. The van der Waals surface area contributed by atoms with E-state index < -0.39 is 4.92 Å². The summed E-state index contributed by atoms with van der Waals surface area (Å²) in [4.78, 5) is 10.5. The Balaban J connectivity index is 1.61. The number of hydrogen-bond acceptors (Lipinski definition) is 6. The van der Waals surface area contributed by atoms with E-state index in [0.29, 0.717) is 12.3 Å². The Bertz CT molecular complexity index is 1190. The summed E-state index contributed by atoms with van der Waals surface area (Å²) in [5, 5.41) is 20.5. The molecule has 164 valence electrons. The van der Waals surface area contributed by atoms with Gasteiger partial charge in [0.2, 0.25) is 0 Å². The average Bonchev–Trinajstić information content (AvgIpc) is 3.42. The molecule has 0 saturated heterocycles. The van der Waals surface area contributed by atoms with Crippen LogP contribution in [-0.4, -0.2) is 19.7 Å². The molecule has 0 fully saturated rings. The van der Waals surface area contributed by atoms with Gasteiger partial charge in [-0.3, -0.25) is 14.7 Å². The zero-order chi connectivity index (χ0) is 22.7. The van der Waals surface area contributed by atoms with Crippen LogP contribution in [0.3, 0.4) is 0 Å². The lowest BCUT2D eigenvalue weighted by atomic mass is 9.87. The van der Waals surface area contributed by atoms with E-state index in [0.717, 1.165) is 27.9 Å². The Morgan fingerprint density at radius 2 is 1.75 bits per heavy atom. The second kappa shape index (κ2) is 9.00. The fourth-order valence-corrected chi connectivity index (χ4v) is 4.18. The van der Waals surface area contributed by atoms with Crippen LogP contribution in [0, 0.1) is 10.1 Å². The van der Waals surface area contributed by atoms with Crippen LogP contribution in [0.4, 0.5) is 5.69 Å². The fourth-order valence-electron chi connectivity index (χ4n) is 3.29. The number of thioether (sulfide) groups is 1. The Hall–Kier alpha value is -3.39. The summed E-state index contributed by atoms with van der Waals surface area (Å²) in [6, 6.07) is 18.8. The Labute approximate surface area is 190 Å². The molecule has 2 heterocycles. The van der Waals surface area contributed by atoms with E-state index in [2.05, 4.69) is 55.2 Å². The molecular formula is C24H24N4O3S. The first-order valence-corrected chi connectivity index (χ1v) is 11.2. The zero-order valence-corrected chi connectivity index (χ0v) is 19.0. The van der Waals surface area contributed by atoms with Crippen molar-refractivity contribution in [1.29, 1.82) is 0 Å². The van der Waals surface area contributed by atoms with Crippen LogP contribution in [0.25, 0.3) is 11.4 Å². The highest BCUT2D eigenvalue weighted by Gasteiger charge is 2.18. The first-order chi connectivity index (χ1) is 15.3. The molecule has 0 amide bonds.